The zero-order valence-electron chi connectivity index (χ0n) is 23.6. The first-order valence-electron chi connectivity index (χ1n) is 13.5. The SMILES string of the molecule is C[Si](C)(C)CCOCn1cc(C(F)(F)F)c2c(Oc3c(F)cc(NC(=O)Nc4cc5c(nn4)CCC5)cc3F)ccnc21. The molecule has 4 aromatic rings. The summed E-state index contributed by atoms with van der Waals surface area (Å²) in [6.07, 6.45) is -0.246. The summed E-state index contributed by atoms with van der Waals surface area (Å²) in [5.74, 6) is -3.73. The number of fused-ring (bicyclic) bond motifs is 2. The van der Waals surface area contributed by atoms with Crippen LogP contribution in [0.3, 0.4) is 0 Å². The molecule has 3 heterocycles. The van der Waals surface area contributed by atoms with Gasteiger partial charge in [-0.3, -0.25) is 5.32 Å². The average Bonchev–Trinajstić information content (AvgIpc) is 3.53. The van der Waals surface area contributed by atoms with Crippen molar-refractivity contribution in [3.63, 3.8) is 0 Å². The lowest BCUT2D eigenvalue weighted by molar-refractivity contribution is -0.136. The molecular weight excluding hydrogens is 591 g/mol. The van der Waals surface area contributed by atoms with Gasteiger partial charge in [0.15, 0.2) is 23.2 Å². The van der Waals surface area contributed by atoms with Crippen LogP contribution in [0.25, 0.3) is 11.0 Å². The van der Waals surface area contributed by atoms with Gasteiger partial charge < -0.3 is 19.4 Å². The quantitative estimate of drug-likeness (QED) is 0.115. The maximum absolute atomic E-state index is 15.0. The van der Waals surface area contributed by atoms with Gasteiger partial charge in [-0.15, -0.1) is 5.10 Å². The highest BCUT2D eigenvalue weighted by molar-refractivity contribution is 6.76. The number of aryl methyl sites for hydroxylation is 2. The van der Waals surface area contributed by atoms with E-state index in [9.17, 15) is 18.0 Å². The number of carbonyl (C=O) groups excluding carboxylic acids is 1. The van der Waals surface area contributed by atoms with Crippen LogP contribution in [0.5, 0.6) is 11.5 Å². The highest BCUT2D eigenvalue weighted by atomic mass is 28.3. The molecule has 43 heavy (non-hydrogen) atoms. The number of amides is 2. The van der Waals surface area contributed by atoms with Gasteiger partial charge in [-0.2, -0.15) is 18.3 Å². The van der Waals surface area contributed by atoms with E-state index in [4.69, 9.17) is 9.47 Å². The minimum absolute atomic E-state index is 0.122. The van der Waals surface area contributed by atoms with Crippen molar-refractivity contribution in [1.29, 1.82) is 0 Å². The highest BCUT2D eigenvalue weighted by Crippen LogP contribution is 2.42. The number of halogens is 5. The number of pyridine rings is 1. The molecule has 3 aromatic heterocycles. The zero-order valence-corrected chi connectivity index (χ0v) is 24.6. The van der Waals surface area contributed by atoms with Crippen LogP contribution in [0.1, 0.15) is 23.2 Å². The topological polar surface area (TPSA) is 103 Å². The van der Waals surface area contributed by atoms with Crippen LogP contribution < -0.4 is 15.4 Å². The number of anilines is 2. The van der Waals surface area contributed by atoms with E-state index in [0.717, 1.165) is 61.0 Å². The second kappa shape index (κ2) is 11.9. The van der Waals surface area contributed by atoms with E-state index in [1.165, 1.54) is 10.8 Å². The lowest BCUT2D eigenvalue weighted by Crippen LogP contribution is -2.22. The molecule has 0 saturated carbocycles. The lowest BCUT2D eigenvalue weighted by atomic mass is 10.2. The molecule has 15 heteroatoms. The Kier molecular flexibility index (Phi) is 8.38. The van der Waals surface area contributed by atoms with Crippen LogP contribution in [0.4, 0.5) is 38.3 Å². The molecule has 0 spiro atoms. The number of rotatable bonds is 9. The summed E-state index contributed by atoms with van der Waals surface area (Å²) in [7, 11) is -1.42. The Morgan fingerprint density at radius 1 is 1.07 bits per heavy atom. The number of benzene rings is 1. The molecule has 0 aliphatic heterocycles. The van der Waals surface area contributed by atoms with Crippen molar-refractivity contribution < 1.29 is 36.2 Å². The van der Waals surface area contributed by atoms with Crippen LogP contribution >= 0.6 is 0 Å². The summed E-state index contributed by atoms with van der Waals surface area (Å²) in [6, 6.07) is 4.33. The maximum Gasteiger partial charge on any atom is 0.418 e. The third kappa shape index (κ3) is 7.10. The molecule has 1 aliphatic carbocycles. The predicted molar refractivity (Wildman–Crippen MR) is 152 cm³/mol. The number of carbonyl (C=O) groups is 1. The van der Waals surface area contributed by atoms with Crippen molar-refractivity contribution in [3.05, 3.63) is 65.1 Å². The van der Waals surface area contributed by atoms with Gasteiger partial charge in [-0.25, -0.2) is 18.6 Å². The van der Waals surface area contributed by atoms with E-state index in [1.54, 1.807) is 6.07 Å². The average molecular weight is 621 g/mol. The van der Waals surface area contributed by atoms with Gasteiger partial charge in [0.25, 0.3) is 0 Å². The molecule has 0 bridgehead atoms. The number of hydrogen-bond donors (Lipinski definition) is 2. The Hall–Kier alpha value is -4.11. The molecule has 0 unspecified atom stereocenters. The Labute approximate surface area is 244 Å². The lowest BCUT2D eigenvalue weighted by Gasteiger charge is -2.15. The maximum atomic E-state index is 15.0. The van der Waals surface area contributed by atoms with Crippen molar-refractivity contribution in [2.24, 2.45) is 0 Å². The van der Waals surface area contributed by atoms with E-state index >= 15 is 8.78 Å². The number of urea groups is 1. The molecule has 2 N–H and O–H groups in total. The third-order valence-electron chi connectivity index (χ3n) is 6.78. The van der Waals surface area contributed by atoms with E-state index in [0.29, 0.717) is 6.61 Å². The van der Waals surface area contributed by atoms with Crippen LogP contribution in [-0.2, 0) is 30.5 Å². The van der Waals surface area contributed by atoms with E-state index < -0.39 is 54.4 Å². The standard InChI is InChI=1S/C28H29F5N6O3Si/c1-43(2,3)10-9-41-15-39-14-18(28(31,32)33)24-22(7-8-34-26(24)39)42-25-19(29)12-17(13-20(25)30)35-27(40)36-23-11-16-5-4-6-21(16)37-38-23/h7-8,11-14H,4-6,9-10,15H2,1-3H3,(H2,35,36,38,40). The van der Waals surface area contributed by atoms with Gasteiger partial charge in [0.2, 0.25) is 0 Å². The van der Waals surface area contributed by atoms with Crippen molar-refractivity contribution in [2.45, 2.75) is 57.9 Å². The van der Waals surface area contributed by atoms with Crippen LogP contribution in [-0.4, -0.2) is 40.5 Å². The first-order valence-corrected chi connectivity index (χ1v) is 17.2. The fourth-order valence-corrected chi connectivity index (χ4v) is 5.39. The van der Waals surface area contributed by atoms with Crippen LogP contribution in [0.2, 0.25) is 25.7 Å². The number of nitrogens with zero attached hydrogens (tertiary/aromatic N) is 4. The number of hydrogen-bond acceptors (Lipinski definition) is 6. The van der Waals surface area contributed by atoms with Gasteiger partial charge in [0.05, 0.1) is 16.6 Å². The van der Waals surface area contributed by atoms with Crippen molar-refractivity contribution in [3.8, 4) is 11.5 Å². The van der Waals surface area contributed by atoms with E-state index in [1.807, 2.05) is 0 Å². The van der Waals surface area contributed by atoms with E-state index in [-0.39, 0.29) is 23.9 Å². The van der Waals surface area contributed by atoms with Gasteiger partial charge in [-0.05, 0) is 43.0 Å². The molecule has 5 rings (SSSR count). The van der Waals surface area contributed by atoms with Crippen molar-refractivity contribution in [2.75, 3.05) is 17.2 Å². The molecule has 2 amide bonds. The molecule has 0 radical (unpaired) electrons. The zero-order chi connectivity index (χ0) is 30.9. The second-order valence-corrected chi connectivity index (χ2v) is 17.0. The van der Waals surface area contributed by atoms with Crippen LogP contribution in [0, 0.1) is 11.6 Å². The first-order chi connectivity index (χ1) is 20.3. The van der Waals surface area contributed by atoms with Crippen LogP contribution in [0.15, 0.2) is 36.7 Å². The summed E-state index contributed by atoms with van der Waals surface area (Å²) in [4.78, 5) is 16.5. The fourth-order valence-electron chi connectivity index (χ4n) is 4.63. The Morgan fingerprint density at radius 3 is 2.51 bits per heavy atom. The summed E-state index contributed by atoms with van der Waals surface area (Å²) in [6.45, 7) is 6.61. The molecule has 0 saturated heterocycles. The van der Waals surface area contributed by atoms with Crippen molar-refractivity contribution >= 4 is 36.6 Å². The van der Waals surface area contributed by atoms with Gasteiger partial charge in [-0.1, -0.05) is 19.6 Å². The summed E-state index contributed by atoms with van der Waals surface area (Å²) < 4.78 is 84.3. The molecule has 0 atom stereocenters. The van der Waals surface area contributed by atoms with Gasteiger partial charge >= 0.3 is 12.2 Å². The summed E-state index contributed by atoms with van der Waals surface area (Å²) >= 11 is 0. The monoisotopic (exact) mass is 620 g/mol. The highest BCUT2D eigenvalue weighted by Gasteiger charge is 2.37. The largest absolute Gasteiger partial charge is 0.450 e. The summed E-state index contributed by atoms with van der Waals surface area (Å²) in [5, 5.41) is 12.3. The Morgan fingerprint density at radius 2 is 1.81 bits per heavy atom. The normalized spacial score (nSPS) is 13.3. The fraction of sp³-hybridized carbons (Fsp3) is 0.357. The molecule has 1 aliphatic rings. The minimum atomic E-state index is -4.82. The first kappa shape index (κ1) is 30.3. The number of nitrogens with one attached hydrogen (secondary N) is 2. The van der Waals surface area contributed by atoms with Gasteiger partial charge in [0.1, 0.15) is 18.1 Å². The smallest absolute Gasteiger partial charge is 0.418 e. The Bertz CT molecular complexity index is 1650. The molecule has 9 nitrogen and oxygen atoms in total. The van der Waals surface area contributed by atoms with E-state index in [2.05, 4.69) is 45.5 Å². The molecule has 1 aromatic carbocycles. The molecule has 228 valence electrons. The predicted octanol–water partition coefficient (Wildman–Crippen LogP) is 7.36. The molecule has 0 fully saturated rings. The third-order valence-corrected chi connectivity index (χ3v) is 8.48. The number of alkyl halides is 3. The number of aromatic nitrogens is 4. The van der Waals surface area contributed by atoms with Gasteiger partial charge in [0, 0.05) is 44.9 Å². The number of ether oxygens (including phenoxy) is 2. The minimum Gasteiger partial charge on any atom is -0.450 e. The molecular formula is C28H29F5N6O3Si. The van der Waals surface area contributed by atoms with Crippen molar-refractivity contribution in [1.82, 2.24) is 19.7 Å². The Balaban J connectivity index is 1.35. The summed E-state index contributed by atoms with van der Waals surface area (Å²) in [5.41, 5.74) is 0.356. The second-order valence-electron chi connectivity index (χ2n) is 11.4.